The highest BCUT2D eigenvalue weighted by molar-refractivity contribution is 7.46. The standard InChI is InChI=1S/C37H71O8P/c1-3-5-7-9-11-13-15-17-18-20-22-24-26-28-30-32-37(39)45-35(34-44-46(40,41)42)33-43-36(38)31-29-27-25-23-21-19-16-14-12-10-8-6-4-2/h20,22,35H,3-19,21,23-34H2,1-2H3,(H2,40,41,42)/b22-20+/t35-/m1/s1. The van der Waals surface area contributed by atoms with E-state index in [-0.39, 0.29) is 19.4 Å². The summed E-state index contributed by atoms with van der Waals surface area (Å²) in [5, 5.41) is 0. The Morgan fingerprint density at radius 2 is 0.913 bits per heavy atom. The zero-order valence-corrected chi connectivity index (χ0v) is 30.6. The maximum absolute atomic E-state index is 12.3. The fraction of sp³-hybridized carbons (Fsp3) is 0.892. The van der Waals surface area contributed by atoms with E-state index in [2.05, 4.69) is 30.5 Å². The quantitative estimate of drug-likeness (QED) is 0.0295. The van der Waals surface area contributed by atoms with Crippen molar-refractivity contribution >= 4 is 19.8 Å². The van der Waals surface area contributed by atoms with Crippen molar-refractivity contribution in [2.75, 3.05) is 13.2 Å². The maximum atomic E-state index is 12.3. The van der Waals surface area contributed by atoms with E-state index in [1.807, 2.05) is 0 Å². The molecule has 1 atom stereocenters. The molecule has 0 aromatic rings. The molecular formula is C37H71O8P. The van der Waals surface area contributed by atoms with Crippen LogP contribution in [0, 0.1) is 0 Å². The number of carbonyl (C=O) groups is 2. The number of rotatable bonds is 35. The van der Waals surface area contributed by atoms with Crippen molar-refractivity contribution in [2.45, 2.75) is 200 Å². The lowest BCUT2D eigenvalue weighted by Crippen LogP contribution is -2.29. The average Bonchev–Trinajstić information content (AvgIpc) is 3.02. The van der Waals surface area contributed by atoms with Gasteiger partial charge in [-0.15, -0.1) is 0 Å². The third-order valence-electron chi connectivity index (χ3n) is 8.28. The zero-order valence-electron chi connectivity index (χ0n) is 29.7. The fourth-order valence-electron chi connectivity index (χ4n) is 5.43. The Morgan fingerprint density at radius 1 is 0.543 bits per heavy atom. The smallest absolute Gasteiger partial charge is 0.462 e. The van der Waals surface area contributed by atoms with Gasteiger partial charge in [-0.25, -0.2) is 4.57 Å². The molecule has 0 rings (SSSR count). The summed E-state index contributed by atoms with van der Waals surface area (Å²) >= 11 is 0. The van der Waals surface area contributed by atoms with E-state index >= 15 is 0 Å². The molecule has 0 bridgehead atoms. The first-order valence-electron chi connectivity index (χ1n) is 19.0. The van der Waals surface area contributed by atoms with E-state index in [4.69, 9.17) is 19.3 Å². The molecule has 0 spiro atoms. The third kappa shape index (κ3) is 35.6. The molecule has 0 radical (unpaired) electrons. The van der Waals surface area contributed by atoms with Gasteiger partial charge in [0.1, 0.15) is 6.61 Å². The van der Waals surface area contributed by atoms with Crippen molar-refractivity contribution in [3.63, 3.8) is 0 Å². The van der Waals surface area contributed by atoms with Crippen LogP contribution >= 0.6 is 7.82 Å². The van der Waals surface area contributed by atoms with Gasteiger partial charge in [0, 0.05) is 12.8 Å². The van der Waals surface area contributed by atoms with Gasteiger partial charge in [-0.3, -0.25) is 14.1 Å². The Labute approximate surface area is 282 Å². The molecule has 0 aromatic heterocycles. The summed E-state index contributed by atoms with van der Waals surface area (Å²) in [7, 11) is -4.75. The molecule has 0 amide bonds. The molecule has 0 aliphatic carbocycles. The molecular weight excluding hydrogens is 603 g/mol. The van der Waals surface area contributed by atoms with Crippen LogP contribution < -0.4 is 0 Å². The molecule has 0 aliphatic rings. The van der Waals surface area contributed by atoms with Gasteiger partial charge in [0.2, 0.25) is 0 Å². The molecule has 0 aliphatic heterocycles. The highest BCUT2D eigenvalue weighted by Gasteiger charge is 2.22. The topological polar surface area (TPSA) is 119 Å². The molecule has 8 nitrogen and oxygen atoms in total. The minimum atomic E-state index is -4.75. The van der Waals surface area contributed by atoms with Gasteiger partial charge >= 0.3 is 19.8 Å². The van der Waals surface area contributed by atoms with Crippen LogP contribution in [0.3, 0.4) is 0 Å². The Kier molecular flexibility index (Phi) is 32.8. The third-order valence-corrected chi connectivity index (χ3v) is 8.77. The van der Waals surface area contributed by atoms with Crippen molar-refractivity contribution in [1.29, 1.82) is 0 Å². The first kappa shape index (κ1) is 44.8. The van der Waals surface area contributed by atoms with Gasteiger partial charge < -0.3 is 19.3 Å². The minimum Gasteiger partial charge on any atom is -0.462 e. The van der Waals surface area contributed by atoms with E-state index in [1.54, 1.807) is 0 Å². The number of carbonyl (C=O) groups excluding carboxylic acids is 2. The Balaban J connectivity index is 3.97. The van der Waals surface area contributed by atoms with Crippen LogP contribution in [-0.2, 0) is 28.2 Å². The number of phosphoric ester groups is 1. The van der Waals surface area contributed by atoms with Crippen molar-refractivity contribution in [3.05, 3.63) is 12.2 Å². The van der Waals surface area contributed by atoms with Crippen LogP contribution in [-0.4, -0.2) is 41.0 Å². The van der Waals surface area contributed by atoms with Crippen molar-refractivity contribution in [1.82, 2.24) is 0 Å². The van der Waals surface area contributed by atoms with Gasteiger partial charge in [-0.1, -0.05) is 154 Å². The second-order valence-corrected chi connectivity index (χ2v) is 14.1. The van der Waals surface area contributed by atoms with E-state index in [0.29, 0.717) is 6.42 Å². The Hall–Kier alpha value is -1.21. The summed E-state index contributed by atoms with van der Waals surface area (Å²) in [5.74, 6) is -0.896. The number of esters is 2. The number of hydrogen-bond acceptors (Lipinski definition) is 6. The zero-order chi connectivity index (χ0) is 34.0. The predicted octanol–water partition coefficient (Wildman–Crippen LogP) is 11.1. The molecule has 46 heavy (non-hydrogen) atoms. The highest BCUT2D eigenvalue weighted by Crippen LogP contribution is 2.36. The van der Waals surface area contributed by atoms with Crippen LogP contribution in [0.15, 0.2) is 12.2 Å². The summed E-state index contributed by atoms with van der Waals surface area (Å²) in [6.07, 6.45) is 35.0. The summed E-state index contributed by atoms with van der Waals surface area (Å²) in [6, 6.07) is 0. The summed E-state index contributed by atoms with van der Waals surface area (Å²) in [5.41, 5.74) is 0. The van der Waals surface area contributed by atoms with Crippen LogP contribution in [0.4, 0.5) is 0 Å². The van der Waals surface area contributed by atoms with E-state index < -0.39 is 32.5 Å². The van der Waals surface area contributed by atoms with E-state index in [1.165, 1.54) is 116 Å². The first-order chi connectivity index (χ1) is 22.3. The van der Waals surface area contributed by atoms with Gasteiger partial charge in [-0.2, -0.15) is 0 Å². The van der Waals surface area contributed by atoms with Gasteiger partial charge in [0.15, 0.2) is 6.10 Å². The summed E-state index contributed by atoms with van der Waals surface area (Å²) < 4.78 is 26.3. The van der Waals surface area contributed by atoms with Gasteiger partial charge in [0.25, 0.3) is 0 Å². The number of allylic oxidation sites excluding steroid dienone is 2. The molecule has 0 unspecified atom stereocenters. The van der Waals surface area contributed by atoms with Crippen molar-refractivity contribution < 1.29 is 37.9 Å². The largest absolute Gasteiger partial charge is 0.469 e. The number of phosphoric acid groups is 1. The maximum Gasteiger partial charge on any atom is 0.469 e. The molecule has 2 N–H and O–H groups in total. The monoisotopic (exact) mass is 674 g/mol. The molecule has 0 aromatic carbocycles. The highest BCUT2D eigenvalue weighted by atomic mass is 31.2. The van der Waals surface area contributed by atoms with Crippen molar-refractivity contribution in [3.8, 4) is 0 Å². The molecule has 0 saturated heterocycles. The normalized spacial score (nSPS) is 12.5. The molecule has 0 heterocycles. The van der Waals surface area contributed by atoms with E-state index in [9.17, 15) is 14.2 Å². The lowest BCUT2D eigenvalue weighted by molar-refractivity contribution is -0.161. The molecule has 9 heteroatoms. The second-order valence-electron chi connectivity index (χ2n) is 12.9. The SMILES string of the molecule is CCCCCCCCCC/C=C/CCCCCC(=O)O[C@H](COC(=O)CCCCCCCCCCCCCCC)COP(=O)(O)O. The van der Waals surface area contributed by atoms with Gasteiger partial charge in [-0.05, 0) is 38.5 Å². The lowest BCUT2D eigenvalue weighted by Gasteiger charge is -2.18. The molecule has 0 fully saturated rings. The first-order valence-corrected chi connectivity index (χ1v) is 20.5. The van der Waals surface area contributed by atoms with Crippen LogP contribution in [0.2, 0.25) is 0 Å². The van der Waals surface area contributed by atoms with Gasteiger partial charge in [0.05, 0.1) is 6.61 Å². The Bertz CT molecular complexity index is 766. The lowest BCUT2D eigenvalue weighted by atomic mass is 10.0. The predicted molar refractivity (Wildman–Crippen MR) is 189 cm³/mol. The van der Waals surface area contributed by atoms with Crippen molar-refractivity contribution in [2.24, 2.45) is 0 Å². The second kappa shape index (κ2) is 33.7. The summed E-state index contributed by atoms with van der Waals surface area (Å²) in [4.78, 5) is 42.6. The Morgan fingerprint density at radius 3 is 1.35 bits per heavy atom. The van der Waals surface area contributed by atoms with E-state index in [0.717, 1.165) is 44.9 Å². The number of hydrogen-bond donors (Lipinski definition) is 2. The summed E-state index contributed by atoms with van der Waals surface area (Å²) in [6.45, 7) is 3.67. The van der Waals surface area contributed by atoms with Crippen LogP contribution in [0.1, 0.15) is 194 Å². The van der Waals surface area contributed by atoms with Crippen LogP contribution in [0.25, 0.3) is 0 Å². The fourth-order valence-corrected chi connectivity index (χ4v) is 5.79. The number of ether oxygens (including phenoxy) is 2. The minimum absolute atomic E-state index is 0.196. The molecule has 272 valence electrons. The molecule has 0 saturated carbocycles. The number of unbranched alkanes of at least 4 members (excludes halogenated alkanes) is 23. The van der Waals surface area contributed by atoms with Crippen LogP contribution in [0.5, 0.6) is 0 Å². The average molecular weight is 675 g/mol.